The van der Waals surface area contributed by atoms with E-state index in [1.165, 1.54) is 24.7 Å². The van der Waals surface area contributed by atoms with Crippen LogP contribution in [0, 0.1) is 3.70 Å². The molecule has 32 nitrogen and oxygen atoms in total. The van der Waals surface area contributed by atoms with Gasteiger partial charge in [-0.2, -0.15) is 41.6 Å². The smallest absolute Gasteiger partial charge is 0.473 e. The van der Waals surface area contributed by atoms with Crippen LogP contribution in [0.4, 0.5) is 30.7 Å². The summed E-state index contributed by atoms with van der Waals surface area (Å²) in [6, 6.07) is 31.1. The summed E-state index contributed by atoms with van der Waals surface area (Å²) in [7, 11) is -2.15. The second-order valence-electron chi connectivity index (χ2n) is 32.1. The minimum atomic E-state index is -3.01. The largest absolute Gasteiger partial charge is 0.499 e. The topological polar surface area (TPSA) is 452 Å². The van der Waals surface area contributed by atoms with E-state index in [1.807, 2.05) is 89.2 Å². The van der Waals surface area contributed by atoms with E-state index in [-0.39, 0.29) is 136 Å². The van der Waals surface area contributed by atoms with Gasteiger partial charge in [-0.3, -0.25) is 33.2 Å². The first-order chi connectivity index (χ1) is 61.8. The molecule has 12 N–H and O–H groups in total. The van der Waals surface area contributed by atoms with Crippen molar-refractivity contribution in [1.29, 1.82) is 0 Å². The fraction of sp³-hybridized carbons (Fsp3) is 0.391. The zero-order chi connectivity index (χ0) is 97.9. The summed E-state index contributed by atoms with van der Waals surface area (Å²) < 4.78 is 154. The number of halogens is 12. The predicted molar refractivity (Wildman–Crippen MR) is 499 cm³/mol. The highest BCUT2D eigenvalue weighted by atomic mass is 127. The van der Waals surface area contributed by atoms with E-state index >= 15 is 0 Å². The van der Waals surface area contributed by atoms with Crippen LogP contribution in [0.3, 0.4) is 0 Å². The number of amides is 6. The number of rotatable bonds is 26. The van der Waals surface area contributed by atoms with Gasteiger partial charge in [0.15, 0.2) is 34.0 Å². The van der Waals surface area contributed by atoms with E-state index in [4.69, 9.17) is 115 Å². The van der Waals surface area contributed by atoms with Crippen LogP contribution in [0.25, 0.3) is 22.5 Å². The van der Waals surface area contributed by atoms with Crippen LogP contribution in [0.5, 0.6) is 0 Å². The minimum absolute atomic E-state index is 0. The lowest BCUT2D eigenvalue weighted by atomic mass is 9.81. The average Bonchev–Trinajstić information content (AvgIpc) is 1.63. The molecule has 0 aliphatic carbocycles. The fourth-order valence-corrected chi connectivity index (χ4v) is 13.5. The molecule has 3 saturated heterocycles. The Morgan fingerprint density at radius 2 is 0.784 bits per heavy atom. The van der Waals surface area contributed by atoms with E-state index in [1.54, 1.807) is 145 Å². The molecule has 3 fully saturated rings. The van der Waals surface area contributed by atoms with E-state index in [0.29, 0.717) is 35.6 Å². The molecule has 6 atom stereocenters. The zero-order valence-corrected chi connectivity index (χ0v) is 77.4. The zero-order valence-electron chi connectivity index (χ0n) is 73.2. The molecule has 0 saturated carbocycles. The van der Waals surface area contributed by atoms with Gasteiger partial charge >= 0.3 is 41.0 Å². The third-order valence-electron chi connectivity index (χ3n) is 21.4. The normalized spacial score (nSPS) is 16.3. The highest BCUT2D eigenvalue weighted by Crippen LogP contribution is 2.40. The number of benzene rings is 3. The number of aromatic nitrogens is 6. The summed E-state index contributed by atoms with van der Waals surface area (Å²) >= 11 is 24.9. The lowest BCUT2D eigenvalue weighted by Gasteiger charge is -2.32. The lowest BCUT2D eigenvalue weighted by Crippen LogP contribution is -2.50. The summed E-state index contributed by atoms with van der Waals surface area (Å²) in [5.74, 6) is -5.51. The molecule has 47 heteroatoms. The Balaban J connectivity index is 0.000000290. The highest BCUT2D eigenvalue weighted by Gasteiger charge is 2.55. The number of furan rings is 5. The van der Waals surface area contributed by atoms with Gasteiger partial charge in [-0.15, -0.1) is 0 Å². The molecule has 11 heterocycles. The van der Waals surface area contributed by atoms with Crippen molar-refractivity contribution < 1.29 is 126 Å². The quantitative estimate of drug-likeness (QED) is 0.0138. The molecule has 0 radical (unpaired) electrons. The maximum Gasteiger partial charge on any atom is 0.499 e. The fourth-order valence-electron chi connectivity index (χ4n) is 12.2. The van der Waals surface area contributed by atoms with Crippen molar-refractivity contribution >= 4 is 142 Å². The molecule has 14 rings (SSSR count). The molecule has 0 spiro atoms. The maximum atomic E-state index is 13.2. The number of aliphatic hydroxyl groups is 3. The molecular formula is C87H107B3Cl4F7IN12O20. The van der Waals surface area contributed by atoms with Crippen LogP contribution in [-0.4, -0.2) is 179 Å². The summed E-state index contributed by atoms with van der Waals surface area (Å²) in [6.45, 7) is 15.3. The number of carbonyl (C=O) groups excluding carboxylic acids is 6. The van der Waals surface area contributed by atoms with Crippen molar-refractivity contribution in [2.75, 3.05) is 7.15 Å². The molecule has 0 bridgehead atoms. The third kappa shape index (κ3) is 29.9. The summed E-state index contributed by atoms with van der Waals surface area (Å²) in [6.07, 6.45) is 6.59. The van der Waals surface area contributed by atoms with Gasteiger partial charge in [0.05, 0.1) is 114 Å². The number of aliphatic hydroxyl groups excluding tert-OH is 3. The van der Waals surface area contributed by atoms with Crippen molar-refractivity contribution in [3.63, 3.8) is 0 Å². The molecule has 3 aromatic carbocycles. The van der Waals surface area contributed by atoms with Crippen molar-refractivity contribution in [1.82, 2.24) is 45.3 Å². The van der Waals surface area contributed by atoms with Gasteiger partial charge in [0, 0.05) is 46.6 Å². The van der Waals surface area contributed by atoms with Gasteiger partial charge in [0.1, 0.15) is 21.4 Å². The first kappa shape index (κ1) is 112. The van der Waals surface area contributed by atoms with Crippen LogP contribution in [0.1, 0.15) is 174 Å². The van der Waals surface area contributed by atoms with Crippen LogP contribution in [0.15, 0.2) is 200 Å². The van der Waals surface area contributed by atoms with Crippen LogP contribution in [-0.2, 0) is 61.6 Å². The van der Waals surface area contributed by atoms with E-state index in [9.17, 15) is 74.8 Å². The number of nitrogens with zero attached hydrogens (tertiary/aromatic N) is 6. The molecule has 728 valence electrons. The Hall–Kier alpha value is -10.3. The molecule has 6 amide bonds. The molecular weight excluding hydrogens is 1970 g/mol. The Morgan fingerprint density at radius 1 is 0.448 bits per heavy atom. The summed E-state index contributed by atoms with van der Waals surface area (Å²) in [5.41, 5.74) is 17.8. The average molecular weight is 2080 g/mol. The van der Waals surface area contributed by atoms with Gasteiger partial charge < -0.3 is 98.5 Å². The van der Waals surface area contributed by atoms with Crippen molar-refractivity contribution in [2.45, 2.75) is 214 Å². The lowest BCUT2D eigenvalue weighted by molar-refractivity contribution is -0.127. The molecule has 3 aliphatic rings. The second kappa shape index (κ2) is 49.5. The Labute approximate surface area is 805 Å². The number of carbonyl (C=O) groups is 6. The van der Waals surface area contributed by atoms with E-state index in [2.05, 4.69) is 31.2 Å². The number of nitrogens with two attached hydrogens (primary N) is 3. The van der Waals surface area contributed by atoms with Crippen LogP contribution < -0.4 is 49.5 Å². The SMILES string of the molecule is C.C.C.CC1(C)OB(c2ccoc2)OC1(C)C.CC1(C)OB(c2ccoc2Cl)OC1(C)C.CC1(C)OB(c2coc(Cl)c2)OC1(C)C.NC(=O)C(O)C(Cc1ccccc1)NC(=O)c1cn(C(F)F)nc1-c1ccoc1Cl.NC(=O)C(O)C(Cc1ccccc1)NC(=O)c1cn(C(F)F)nc1-c1coc(Cl)c1.NC(=O)C(O)C(Cc1ccccc1)NC(=O)c1cn(C(F)F)nc1I.[2H]CF. The summed E-state index contributed by atoms with van der Waals surface area (Å²) in [4.78, 5) is 72.5. The second-order valence-corrected chi connectivity index (χ2v) is 34.6. The summed E-state index contributed by atoms with van der Waals surface area (Å²) in [5, 5.41) is 49.2. The van der Waals surface area contributed by atoms with Gasteiger partial charge in [-0.25, -0.2) is 14.0 Å². The molecule has 8 aromatic heterocycles. The number of primary amides is 3. The minimum Gasteiger partial charge on any atom is -0.473 e. The standard InChI is InChI=1S/2C19H17ClF2N4O4.C15H15F2IN4O3.2C10H14BClO3.C10H15BO3.CH3F.3CH4/c20-14-7-11(9-30-14)15-12(8-26(25-15)19(21)22)18(29)24-13(16(27)17(23)28)6-10-4-2-1-3-5-10;20-16-11(6-7-30-16)14-12(9-26(25-14)19(21)22)18(29)24-13(15(27)17(23)28)8-10-4-2-1-3-5-10;16-15(17)22-7-9(12(18)21-22)14(25)20-10(11(23)13(19)24)6-8-4-2-1-3-5-8;1-9(2)10(3,4)15-11(14-9)7-5-8(12)13-6-7;1-9(2)10(3,4)15-11(14-9)7-5-6-13-8(7)12;1-9(2)10(3,4)14-11(13-9)8-5-6-12-7-8;1-2;;;/h1-5,7-9,13,16,19,27H,6H2,(H2,23,28)(H,24,29);1-7,9,13,15,19,27H,8H2,(H2,23,28)(H,24,29);1-5,7,10-11,15,23H,6H2,(H2,19,24)(H,20,25);2*5-6H,1-4H3;5-7H,1-4H3;1H3;3*1H4/i;;;;;;1D;;;. The molecule has 134 heavy (non-hydrogen) atoms. The highest BCUT2D eigenvalue weighted by molar-refractivity contribution is 14.1. The van der Waals surface area contributed by atoms with Crippen molar-refractivity contribution in [3.8, 4) is 22.5 Å². The third-order valence-corrected chi connectivity index (χ3v) is 23.2. The van der Waals surface area contributed by atoms with Gasteiger partial charge in [-0.05, 0) is 212 Å². The Kier molecular flexibility index (Phi) is 41.5. The van der Waals surface area contributed by atoms with Crippen molar-refractivity contribution in [3.05, 3.63) is 235 Å². The molecule has 6 unspecified atom stereocenters. The monoisotopic (exact) mass is 2070 g/mol. The predicted octanol–water partition coefficient (Wildman–Crippen LogP) is 14.4. The van der Waals surface area contributed by atoms with E-state index in [0.717, 1.165) is 46.8 Å². The van der Waals surface area contributed by atoms with Crippen molar-refractivity contribution in [2.24, 2.45) is 17.2 Å². The first-order valence-corrected chi connectivity index (χ1v) is 42.0. The number of hydrogen-bond donors (Lipinski definition) is 9. The van der Waals surface area contributed by atoms with Crippen LogP contribution in [0.2, 0.25) is 20.9 Å². The number of hydrogen-bond acceptors (Lipinski definition) is 23. The van der Waals surface area contributed by atoms with E-state index < -0.39 is 113 Å². The van der Waals surface area contributed by atoms with Crippen LogP contribution >= 0.6 is 69.0 Å². The molecule has 11 aromatic rings. The molecule has 3 aliphatic heterocycles. The first-order valence-electron chi connectivity index (χ1n) is 40.2. The Bertz CT molecular complexity index is 5560. The van der Waals surface area contributed by atoms with Gasteiger partial charge in [-0.1, -0.05) is 113 Å². The van der Waals surface area contributed by atoms with Gasteiger partial charge in [0.2, 0.25) is 22.9 Å². The number of nitrogens with one attached hydrogen (secondary N) is 3. The number of alkyl halides is 7. The Morgan fingerprint density at radius 3 is 1.10 bits per heavy atom. The maximum absolute atomic E-state index is 13.2. The van der Waals surface area contributed by atoms with Gasteiger partial charge in [0.25, 0.3) is 17.7 Å².